The molecule has 0 aliphatic rings. The third-order valence-electron chi connectivity index (χ3n) is 3.04. The molecule has 1 aromatic carbocycles. The summed E-state index contributed by atoms with van der Waals surface area (Å²) in [4.78, 5) is 1.28. The maximum atomic E-state index is 6.10. The standard InChI is InChI=1S/C15H20N2O2S/c1-18-13-7-3-5-11(15(13)19-2)10-17-14(16)9-12-6-4-8-20-12/h3-8,14,17H,9-10,16H2,1-2H3. The lowest BCUT2D eigenvalue weighted by molar-refractivity contribution is 0.349. The Morgan fingerprint density at radius 2 is 2.05 bits per heavy atom. The zero-order valence-corrected chi connectivity index (χ0v) is 12.6. The molecule has 0 spiro atoms. The van der Waals surface area contributed by atoms with Crippen molar-refractivity contribution in [3.05, 3.63) is 46.2 Å². The normalized spacial score (nSPS) is 12.2. The van der Waals surface area contributed by atoms with Crippen LogP contribution in [-0.4, -0.2) is 20.4 Å². The maximum Gasteiger partial charge on any atom is 0.165 e. The Hall–Kier alpha value is -1.56. The van der Waals surface area contributed by atoms with Crippen molar-refractivity contribution in [1.29, 1.82) is 0 Å². The number of methoxy groups -OCH3 is 2. The largest absolute Gasteiger partial charge is 0.493 e. The Bertz CT molecular complexity index is 529. The van der Waals surface area contributed by atoms with E-state index in [-0.39, 0.29) is 6.17 Å². The average molecular weight is 292 g/mol. The number of thiophene rings is 1. The first kappa shape index (κ1) is 14.8. The topological polar surface area (TPSA) is 56.5 Å². The first-order chi connectivity index (χ1) is 9.74. The number of nitrogens with one attached hydrogen (secondary N) is 1. The first-order valence-corrected chi connectivity index (χ1v) is 7.33. The smallest absolute Gasteiger partial charge is 0.165 e. The molecule has 0 fully saturated rings. The van der Waals surface area contributed by atoms with Gasteiger partial charge in [0.25, 0.3) is 0 Å². The lowest BCUT2D eigenvalue weighted by atomic mass is 10.1. The van der Waals surface area contributed by atoms with E-state index in [1.807, 2.05) is 24.3 Å². The Morgan fingerprint density at radius 1 is 1.20 bits per heavy atom. The van der Waals surface area contributed by atoms with Crippen molar-refractivity contribution in [3.63, 3.8) is 0 Å². The summed E-state index contributed by atoms with van der Waals surface area (Å²) in [6.07, 6.45) is 0.744. The van der Waals surface area contributed by atoms with Crippen LogP contribution in [0.2, 0.25) is 0 Å². The molecule has 20 heavy (non-hydrogen) atoms. The molecule has 0 radical (unpaired) electrons. The summed E-state index contributed by atoms with van der Waals surface area (Å²) in [5, 5.41) is 5.37. The van der Waals surface area contributed by atoms with Gasteiger partial charge in [-0.25, -0.2) is 0 Å². The first-order valence-electron chi connectivity index (χ1n) is 6.45. The highest BCUT2D eigenvalue weighted by Crippen LogP contribution is 2.30. The zero-order valence-electron chi connectivity index (χ0n) is 11.8. The fraction of sp³-hybridized carbons (Fsp3) is 0.333. The number of hydrogen-bond acceptors (Lipinski definition) is 5. The number of para-hydroxylation sites is 1. The minimum atomic E-state index is -0.0791. The third kappa shape index (κ3) is 3.72. The fourth-order valence-electron chi connectivity index (χ4n) is 2.05. The van der Waals surface area contributed by atoms with Gasteiger partial charge in [0.15, 0.2) is 11.5 Å². The van der Waals surface area contributed by atoms with E-state index in [9.17, 15) is 0 Å². The summed E-state index contributed by atoms with van der Waals surface area (Å²) in [5.41, 5.74) is 7.13. The van der Waals surface area contributed by atoms with Crippen molar-refractivity contribution in [2.45, 2.75) is 19.1 Å². The van der Waals surface area contributed by atoms with Gasteiger partial charge in [0.1, 0.15) is 0 Å². The second-order valence-electron chi connectivity index (χ2n) is 4.42. The van der Waals surface area contributed by atoms with Gasteiger partial charge in [0, 0.05) is 23.4 Å². The van der Waals surface area contributed by atoms with Gasteiger partial charge in [-0.05, 0) is 17.5 Å². The molecule has 0 amide bonds. The lowest BCUT2D eigenvalue weighted by Crippen LogP contribution is -2.38. The second kappa shape index (κ2) is 7.28. The van der Waals surface area contributed by atoms with E-state index in [4.69, 9.17) is 15.2 Å². The number of benzene rings is 1. The highest BCUT2D eigenvalue weighted by Gasteiger charge is 2.11. The van der Waals surface area contributed by atoms with E-state index >= 15 is 0 Å². The van der Waals surface area contributed by atoms with Gasteiger partial charge in [-0.1, -0.05) is 18.2 Å². The van der Waals surface area contributed by atoms with Crippen LogP contribution in [-0.2, 0) is 13.0 Å². The van der Waals surface area contributed by atoms with Gasteiger partial charge in [-0.2, -0.15) is 0 Å². The van der Waals surface area contributed by atoms with E-state index < -0.39 is 0 Å². The van der Waals surface area contributed by atoms with Crippen LogP contribution in [0.15, 0.2) is 35.7 Å². The molecule has 1 atom stereocenters. The molecular formula is C15H20N2O2S. The number of hydrogen-bond donors (Lipinski definition) is 2. The van der Waals surface area contributed by atoms with Gasteiger partial charge in [-0.15, -0.1) is 11.3 Å². The second-order valence-corrected chi connectivity index (χ2v) is 5.46. The van der Waals surface area contributed by atoms with Crippen molar-refractivity contribution in [1.82, 2.24) is 5.32 Å². The van der Waals surface area contributed by atoms with E-state index in [2.05, 4.69) is 16.8 Å². The molecule has 4 nitrogen and oxygen atoms in total. The Morgan fingerprint density at radius 3 is 2.70 bits per heavy atom. The third-order valence-corrected chi connectivity index (χ3v) is 3.94. The summed E-state index contributed by atoms with van der Waals surface area (Å²) in [6.45, 7) is 0.646. The molecule has 0 saturated heterocycles. The van der Waals surface area contributed by atoms with Gasteiger partial charge < -0.3 is 15.2 Å². The number of rotatable bonds is 7. The van der Waals surface area contributed by atoms with Crippen molar-refractivity contribution >= 4 is 11.3 Å². The Kier molecular flexibility index (Phi) is 5.40. The summed E-state index contributed by atoms with van der Waals surface area (Å²) in [5.74, 6) is 1.49. The molecule has 1 unspecified atom stereocenters. The summed E-state index contributed by atoms with van der Waals surface area (Å²) >= 11 is 1.72. The highest BCUT2D eigenvalue weighted by molar-refractivity contribution is 7.09. The van der Waals surface area contributed by atoms with Gasteiger partial charge in [0.05, 0.1) is 20.4 Å². The molecule has 0 bridgehead atoms. The monoisotopic (exact) mass is 292 g/mol. The maximum absolute atomic E-state index is 6.10. The van der Waals surface area contributed by atoms with E-state index in [1.165, 1.54) is 4.88 Å². The molecule has 5 heteroatoms. The quantitative estimate of drug-likeness (QED) is 0.769. The van der Waals surface area contributed by atoms with Crippen molar-refractivity contribution in [2.75, 3.05) is 14.2 Å². The molecule has 2 rings (SSSR count). The highest BCUT2D eigenvalue weighted by atomic mass is 32.1. The average Bonchev–Trinajstić information content (AvgIpc) is 2.97. The minimum Gasteiger partial charge on any atom is -0.493 e. The molecule has 0 aliphatic carbocycles. The van der Waals surface area contributed by atoms with Gasteiger partial charge in [-0.3, -0.25) is 5.32 Å². The van der Waals surface area contributed by atoms with Crippen LogP contribution in [0.4, 0.5) is 0 Å². The molecule has 1 aromatic heterocycles. The van der Waals surface area contributed by atoms with E-state index in [0.29, 0.717) is 6.54 Å². The molecule has 0 aliphatic heterocycles. The Labute approximate surface area is 123 Å². The van der Waals surface area contributed by atoms with Crippen LogP contribution in [0.3, 0.4) is 0 Å². The fourth-order valence-corrected chi connectivity index (χ4v) is 2.82. The van der Waals surface area contributed by atoms with E-state index in [1.54, 1.807) is 25.6 Å². The van der Waals surface area contributed by atoms with Crippen LogP contribution in [0, 0.1) is 0 Å². The van der Waals surface area contributed by atoms with Crippen molar-refractivity contribution in [2.24, 2.45) is 5.73 Å². The van der Waals surface area contributed by atoms with Gasteiger partial charge >= 0.3 is 0 Å². The summed E-state index contributed by atoms with van der Waals surface area (Å²) in [6, 6.07) is 9.97. The lowest BCUT2D eigenvalue weighted by Gasteiger charge is -2.16. The van der Waals surface area contributed by atoms with Gasteiger partial charge in [0.2, 0.25) is 0 Å². The number of ether oxygens (including phenoxy) is 2. The predicted molar refractivity (Wildman–Crippen MR) is 82.4 cm³/mol. The number of nitrogens with two attached hydrogens (primary N) is 1. The molecule has 1 heterocycles. The minimum absolute atomic E-state index is 0.0791. The van der Waals surface area contributed by atoms with Crippen molar-refractivity contribution < 1.29 is 9.47 Å². The predicted octanol–water partition coefficient (Wildman–Crippen LogP) is 2.38. The van der Waals surface area contributed by atoms with E-state index in [0.717, 1.165) is 23.5 Å². The molecule has 108 valence electrons. The van der Waals surface area contributed by atoms with Crippen LogP contribution < -0.4 is 20.5 Å². The molecule has 3 N–H and O–H groups in total. The SMILES string of the molecule is COc1cccc(CNC(N)Cc2cccs2)c1OC. The molecular weight excluding hydrogens is 272 g/mol. The Balaban J connectivity index is 1.96. The zero-order chi connectivity index (χ0) is 14.4. The molecule has 2 aromatic rings. The van der Waals surface area contributed by atoms with Crippen LogP contribution in [0.1, 0.15) is 10.4 Å². The summed E-state index contributed by atoms with van der Waals surface area (Å²) < 4.78 is 10.7. The van der Waals surface area contributed by atoms with Crippen LogP contribution >= 0.6 is 11.3 Å². The summed E-state index contributed by atoms with van der Waals surface area (Å²) in [7, 11) is 3.28. The molecule has 0 saturated carbocycles. The van der Waals surface area contributed by atoms with Crippen LogP contribution in [0.25, 0.3) is 0 Å². The van der Waals surface area contributed by atoms with Crippen molar-refractivity contribution in [3.8, 4) is 11.5 Å². The van der Waals surface area contributed by atoms with Crippen LogP contribution in [0.5, 0.6) is 11.5 Å².